The number of aromatic nitrogens is 2. The molecule has 1 aromatic carbocycles. The van der Waals surface area contributed by atoms with Gasteiger partial charge < -0.3 is 5.32 Å². The van der Waals surface area contributed by atoms with Crippen molar-refractivity contribution in [3.8, 4) is 0 Å². The highest BCUT2D eigenvalue weighted by Gasteiger charge is 2.13. The van der Waals surface area contributed by atoms with Crippen molar-refractivity contribution in [2.75, 3.05) is 5.75 Å². The van der Waals surface area contributed by atoms with Gasteiger partial charge in [-0.05, 0) is 31.9 Å². The van der Waals surface area contributed by atoms with Crippen LogP contribution in [0.3, 0.4) is 0 Å². The Hall–Kier alpha value is -1.82. The van der Waals surface area contributed by atoms with Gasteiger partial charge in [0.1, 0.15) is 0 Å². The number of carbonyl (C=O) groups excluding carboxylic acids is 1. The van der Waals surface area contributed by atoms with Crippen molar-refractivity contribution in [3.63, 3.8) is 0 Å². The van der Waals surface area contributed by atoms with Crippen LogP contribution in [0.2, 0.25) is 0 Å². The Morgan fingerprint density at radius 3 is 2.76 bits per heavy atom. The van der Waals surface area contributed by atoms with Crippen molar-refractivity contribution < 1.29 is 4.79 Å². The number of hydrogen-bond acceptors (Lipinski definition) is 4. The largest absolute Gasteiger partial charge is 0.353 e. The fourth-order valence-corrected chi connectivity index (χ4v) is 3.56. The number of rotatable bonds is 9. The Labute approximate surface area is 153 Å². The highest BCUT2D eigenvalue weighted by Crippen LogP contribution is 2.18. The first kappa shape index (κ1) is 19.5. The maximum absolute atomic E-state index is 12.8. The number of fused-ring (bicyclic) bond motifs is 1. The molecular weight excluding hydrogens is 334 g/mol. The normalized spacial score (nSPS) is 12.3. The van der Waals surface area contributed by atoms with Crippen molar-refractivity contribution in [2.24, 2.45) is 0 Å². The average Bonchev–Trinajstić information content (AvgIpc) is 2.59. The maximum Gasteiger partial charge on any atom is 0.262 e. The molecule has 0 unspecified atom stereocenters. The lowest BCUT2D eigenvalue weighted by Crippen LogP contribution is -2.34. The molecule has 0 bridgehead atoms. The van der Waals surface area contributed by atoms with E-state index in [-0.39, 0.29) is 23.3 Å². The van der Waals surface area contributed by atoms with Crippen LogP contribution in [0.5, 0.6) is 0 Å². The van der Waals surface area contributed by atoms with E-state index >= 15 is 0 Å². The van der Waals surface area contributed by atoms with Crippen LogP contribution < -0.4 is 10.9 Å². The molecule has 0 fully saturated rings. The van der Waals surface area contributed by atoms with Crippen molar-refractivity contribution in [2.45, 2.75) is 64.2 Å². The first-order valence-corrected chi connectivity index (χ1v) is 9.97. The van der Waals surface area contributed by atoms with Crippen LogP contribution in [-0.2, 0) is 11.3 Å². The minimum atomic E-state index is -0.0266. The molecule has 1 heterocycles. The van der Waals surface area contributed by atoms with Crippen LogP contribution in [0.15, 0.2) is 34.2 Å². The van der Waals surface area contributed by atoms with Gasteiger partial charge in [-0.2, -0.15) is 0 Å². The van der Waals surface area contributed by atoms with E-state index in [2.05, 4.69) is 24.1 Å². The number of thioether (sulfide) groups is 1. The molecular formula is C19H27N3O2S. The third kappa shape index (κ3) is 5.33. The number of unbranched alkanes of at least 4 members (excludes halogenated alkanes) is 1. The second-order valence-electron chi connectivity index (χ2n) is 6.27. The summed E-state index contributed by atoms with van der Waals surface area (Å²) in [6, 6.07) is 7.54. The zero-order valence-corrected chi connectivity index (χ0v) is 16.1. The van der Waals surface area contributed by atoms with Gasteiger partial charge in [-0.3, -0.25) is 14.2 Å². The summed E-state index contributed by atoms with van der Waals surface area (Å²) in [5.41, 5.74) is 0.656. The summed E-state index contributed by atoms with van der Waals surface area (Å²) in [5.74, 6) is 0.251. The van der Waals surface area contributed by atoms with Crippen LogP contribution in [0.4, 0.5) is 0 Å². The summed E-state index contributed by atoms with van der Waals surface area (Å²) in [6.45, 7) is 6.83. The third-order valence-corrected chi connectivity index (χ3v) is 5.00. The van der Waals surface area contributed by atoms with Gasteiger partial charge in [0, 0.05) is 12.6 Å². The van der Waals surface area contributed by atoms with E-state index in [1.54, 1.807) is 10.6 Å². The standard InChI is InChI=1S/C19H27N3O2S/c1-4-6-12-22-18(24)15-10-7-8-11-16(15)21-19(22)25-13-17(23)20-14(3)9-5-2/h7-8,10-11,14H,4-6,9,12-13H2,1-3H3,(H,20,23)/t14-/m1/s1. The van der Waals surface area contributed by atoms with Crippen LogP contribution in [0.1, 0.15) is 46.5 Å². The zero-order chi connectivity index (χ0) is 18.2. The summed E-state index contributed by atoms with van der Waals surface area (Å²) in [6.07, 6.45) is 3.91. The maximum atomic E-state index is 12.8. The number of para-hydroxylation sites is 1. The molecule has 25 heavy (non-hydrogen) atoms. The fourth-order valence-electron chi connectivity index (χ4n) is 2.72. The van der Waals surface area contributed by atoms with Crippen molar-refractivity contribution in [3.05, 3.63) is 34.6 Å². The highest BCUT2D eigenvalue weighted by atomic mass is 32.2. The topological polar surface area (TPSA) is 64.0 Å². The second kappa shape index (κ2) is 9.61. The molecule has 1 aromatic heterocycles. The summed E-state index contributed by atoms with van der Waals surface area (Å²) < 4.78 is 1.71. The molecule has 0 spiro atoms. The number of nitrogens with one attached hydrogen (secondary N) is 1. The summed E-state index contributed by atoms with van der Waals surface area (Å²) in [4.78, 5) is 29.5. The van der Waals surface area contributed by atoms with Gasteiger partial charge in [-0.25, -0.2) is 4.98 Å². The number of nitrogens with zero attached hydrogens (tertiary/aromatic N) is 2. The van der Waals surface area contributed by atoms with E-state index in [4.69, 9.17) is 0 Å². The average molecular weight is 362 g/mol. The van der Waals surface area contributed by atoms with E-state index < -0.39 is 0 Å². The van der Waals surface area contributed by atoms with Gasteiger partial charge in [0.2, 0.25) is 5.91 Å². The van der Waals surface area contributed by atoms with Gasteiger partial charge in [-0.15, -0.1) is 0 Å². The van der Waals surface area contributed by atoms with Crippen LogP contribution in [0, 0.1) is 0 Å². The summed E-state index contributed by atoms with van der Waals surface area (Å²) in [7, 11) is 0. The van der Waals surface area contributed by atoms with Crippen LogP contribution in [-0.4, -0.2) is 27.3 Å². The molecule has 1 atom stereocenters. The lowest BCUT2D eigenvalue weighted by Gasteiger charge is -2.14. The third-order valence-electron chi connectivity index (χ3n) is 4.02. The first-order chi connectivity index (χ1) is 12.1. The van der Waals surface area contributed by atoms with Crippen LogP contribution >= 0.6 is 11.8 Å². The number of benzene rings is 1. The molecule has 0 radical (unpaired) electrons. The Morgan fingerprint density at radius 2 is 2.04 bits per heavy atom. The molecule has 6 heteroatoms. The van der Waals surface area contributed by atoms with Gasteiger partial charge in [0.15, 0.2) is 5.16 Å². The molecule has 0 saturated carbocycles. The van der Waals surface area contributed by atoms with Gasteiger partial charge >= 0.3 is 0 Å². The lowest BCUT2D eigenvalue weighted by molar-refractivity contribution is -0.119. The Balaban J connectivity index is 2.20. The molecule has 0 saturated heterocycles. The molecule has 5 nitrogen and oxygen atoms in total. The van der Waals surface area contributed by atoms with Crippen LogP contribution in [0.25, 0.3) is 10.9 Å². The number of carbonyl (C=O) groups is 1. The minimum Gasteiger partial charge on any atom is -0.353 e. The molecule has 0 aliphatic rings. The Kier molecular flexibility index (Phi) is 7.50. The second-order valence-corrected chi connectivity index (χ2v) is 7.21. The molecule has 0 aliphatic heterocycles. The first-order valence-electron chi connectivity index (χ1n) is 8.98. The van der Waals surface area contributed by atoms with Crippen molar-refractivity contribution in [1.29, 1.82) is 0 Å². The molecule has 2 aromatic rings. The monoisotopic (exact) mass is 361 g/mol. The van der Waals surface area contributed by atoms with E-state index in [9.17, 15) is 9.59 Å². The predicted molar refractivity (Wildman–Crippen MR) is 104 cm³/mol. The van der Waals surface area contributed by atoms with Gasteiger partial charge in [-0.1, -0.05) is 50.6 Å². The molecule has 1 amide bonds. The minimum absolute atomic E-state index is 0.0181. The Morgan fingerprint density at radius 1 is 1.28 bits per heavy atom. The Bertz CT molecular complexity index is 773. The highest BCUT2D eigenvalue weighted by molar-refractivity contribution is 7.99. The molecule has 136 valence electrons. The van der Waals surface area contributed by atoms with Gasteiger partial charge in [0.05, 0.1) is 16.7 Å². The predicted octanol–water partition coefficient (Wildman–Crippen LogP) is 3.59. The lowest BCUT2D eigenvalue weighted by atomic mass is 10.2. The molecule has 1 N–H and O–H groups in total. The zero-order valence-electron chi connectivity index (χ0n) is 15.2. The van der Waals surface area contributed by atoms with Crippen molar-refractivity contribution >= 4 is 28.6 Å². The van der Waals surface area contributed by atoms with E-state index in [0.29, 0.717) is 22.6 Å². The summed E-state index contributed by atoms with van der Waals surface area (Å²) >= 11 is 1.33. The number of amides is 1. The van der Waals surface area contributed by atoms with Gasteiger partial charge in [0.25, 0.3) is 5.56 Å². The quantitative estimate of drug-likeness (QED) is 0.547. The summed E-state index contributed by atoms with van der Waals surface area (Å²) in [5, 5.41) is 4.24. The SMILES string of the molecule is CCCCn1c(SCC(=O)N[C@H](C)CCC)nc2ccccc2c1=O. The fraction of sp³-hybridized carbons (Fsp3) is 0.526. The van der Waals surface area contributed by atoms with E-state index in [1.807, 2.05) is 25.1 Å². The number of hydrogen-bond donors (Lipinski definition) is 1. The molecule has 0 aliphatic carbocycles. The van der Waals surface area contributed by atoms with Crippen molar-refractivity contribution in [1.82, 2.24) is 14.9 Å². The van der Waals surface area contributed by atoms with E-state index in [1.165, 1.54) is 11.8 Å². The van der Waals surface area contributed by atoms with E-state index in [0.717, 1.165) is 25.7 Å². The molecule has 2 rings (SSSR count). The smallest absolute Gasteiger partial charge is 0.262 e.